The summed E-state index contributed by atoms with van der Waals surface area (Å²) in [5.41, 5.74) is 0.791. The van der Waals surface area contributed by atoms with Gasteiger partial charge in [-0.25, -0.2) is 17.2 Å². The smallest absolute Gasteiger partial charge is 0.264 e. The molecule has 10 heteroatoms. The molecule has 3 aromatic rings. The highest BCUT2D eigenvalue weighted by molar-refractivity contribution is 7.92. The van der Waals surface area contributed by atoms with Crippen LogP contribution in [0.25, 0.3) is 0 Å². The third-order valence-electron chi connectivity index (χ3n) is 6.16. The molecule has 0 bridgehead atoms. The minimum atomic E-state index is -4.28. The first-order valence-electron chi connectivity index (χ1n) is 12.2. The summed E-state index contributed by atoms with van der Waals surface area (Å²) in [4.78, 5) is 27.8. The molecular weight excluding hydrogens is 512 g/mol. The monoisotopic (exact) mass is 543 g/mol. The second-order valence-electron chi connectivity index (χ2n) is 8.94. The molecule has 0 fully saturated rings. The molecule has 0 radical (unpaired) electrons. The van der Waals surface area contributed by atoms with E-state index in [1.54, 1.807) is 25.1 Å². The number of hydrogen-bond acceptors (Lipinski definition) is 4. The van der Waals surface area contributed by atoms with Crippen molar-refractivity contribution in [1.82, 2.24) is 10.2 Å². The molecule has 2 amide bonds. The number of carbonyl (C=O) groups is 2. The molecular formula is C28H31F2N3O4S. The average Bonchev–Trinajstić information content (AvgIpc) is 2.91. The highest BCUT2D eigenvalue weighted by atomic mass is 32.2. The van der Waals surface area contributed by atoms with Crippen LogP contribution < -0.4 is 9.62 Å². The molecule has 0 saturated carbocycles. The summed E-state index contributed by atoms with van der Waals surface area (Å²) in [6, 6.07) is 16.8. The summed E-state index contributed by atoms with van der Waals surface area (Å²) in [5.74, 6) is -2.09. The number of sulfonamides is 1. The summed E-state index contributed by atoms with van der Waals surface area (Å²) in [6.45, 7) is 4.64. The SMILES string of the molecule is CC[C@@H](C)NC(=O)[C@H](C)N(Cc1ccc(F)cc1)C(=O)CN(c1ccccc1)S(=O)(=O)c1ccc(F)cc1. The Labute approximate surface area is 222 Å². The number of nitrogens with one attached hydrogen (secondary N) is 1. The van der Waals surface area contributed by atoms with Gasteiger partial charge >= 0.3 is 0 Å². The van der Waals surface area contributed by atoms with E-state index in [2.05, 4.69) is 5.32 Å². The lowest BCUT2D eigenvalue weighted by atomic mass is 10.1. The van der Waals surface area contributed by atoms with Gasteiger partial charge in [-0.15, -0.1) is 0 Å². The number of amides is 2. The van der Waals surface area contributed by atoms with Crippen molar-refractivity contribution in [2.75, 3.05) is 10.8 Å². The zero-order valence-corrected chi connectivity index (χ0v) is 22.3. The van der Waals surface area contributed by atoms with Crippen molar-refractivity contribution in [3.05, 3.63) is 96.1 Å². The molecule has 0 unspecified atom stereocenters. The lowest BCUT2D eigenvalue weighted by Gasteiger charge is -2.32. The van der Waals surface area contributed by atoms with Crippen molar-refractivity contribution in [2.24, 2.45) is 0 Å². The molecule has 2 atom stereocenters. The average molecular weight is 544 g/mol. The summed E-state index contributed by atoms with van der Waals surface area (Å²) in [5, 5.41) is 2.85. The maximum Gasteiger partial charge on any atom is 0.264 e. The second kappa shape index (κ2) is 12.6. The Morgan fingerprint density at radius 3 is 1.97 bits per heavy atom. The second-order valence-corrected chi connectivity index (χ2v) is 10.8. The van der Waals surface area contributed by atoms with Crippen LogP contribution in [0, 0.1) is 11.6 Å². The van der Waals surface area contributed by atoms with E-state index in [4.69, 9.17) is 0 Å². The minimum absolute atomic E-state index is 0.0482. The van der Waals surface area contributed by atoms with E-state index in [1.165, 1.54) is 41.3 Å². The first-order chi connectivity index (χ1) is 18.0. The third kappa shape index (κ3) is 7.16. The largest absolute Gasteiger partial charge is 0.352 e. The number of benzene rings is 3. The van der Waals surface area contributed by atoms with Crippen LogP contribution in [0.3, 0.4) is 0 Å². The van der Waals surface area contributed by atoms with Gasteiger partial charge in [-0.1, -0.05) is 37.3 Å². The maximum atomic E-state index is 13.7. The summed E-state index contributed by atoms with van der Waals surface area (Å²) >= 11 is 0. The van der Waals surface area contributed by atoms with Gasteiger partial charge in [-0.05, 0) is 74.4 Å². The molecule has 3 rings (SSSR count). The van der Waals surface area contributed by atoms with Gasteiger partial charge in [-0.3, -0.25) is 13.9 Å². The van der Waals surface area contributed by atoms with E-state index in [0.717, 1.165) is 28.6 Å². The Balaban J connectivity index is 1.99. The van der Waals surface area contributed by atoms with Crippen LogP contribution in [0.5, 0.6) is 0 Å². The molecule has 0 saturated heterocycles. The van der Waals surface area contributed by atoms with Crippen molar-refractivity contribution in [1.29, 1.82) is 0 Å². The fourth-order valence-corrected chi connectivity index (χ4v) is 5.11. The van der Waals surface area contributed by atoms with E-state index in [0.29, 0.717) is 12.0 Å². The normalized spacial score (nSPS) is 12.9. The number of carbonyl (C=O) groups excluding carboxylic acids is 2. The van der Waals surface area contributed by atoms with Crippen LogP contribution >= 0.6 is 0 Å². The summed E-state index contributed by atoms with van der Waals surface area (Å²) < 4.78 is 55.1. The van der Waals surface area contributed by atoms with Crippen molar-refractivity contribution in [3.8, 4) is 0 Å². The highest BCUT2D eigenvalue weighted by Crippen LogP contribution is 2.24. The quantitative estimate of drug-likeness (QED) is 0.386. The van der Waals surface area contributed by atoms with Crippen LogP contribution in [0.4, 0.5) is 14.5 Å². The van der Waals surface area contributed by atoms with Gasteiger partial charge in [0.15, 0.2) is 0 Å². The number of nitrogens with zero attached hydrogens (tertiary/aromatic N) is 2. The molecule has 0 aliphatic rings. The van der Waals surface area contributed by atoms with E-state index in [9.17, 15) is 26.8 Å². The predicted molar refractivity (Wildman–Crippen MR) is 142 cm³/mol. The summed E-state index contributed by atoms with van der Waals surface area (Å²) in [7, 11) is -4.28. The Morgan fingerprint density at radius 2 is 1.42 bits per heavy atom. The van der Waals surface area contributed by atoms with Gasteiger partial charge in [0.25, 0.3) is 10.0 Å². The van der Waals surface area contributed by atoms with Crippen LogP contribution in [-0.2, 0) is 26.2 Å². The van der Waals surface area contributed by atoms with E-state index < -0.39 is 46.1 Å². The van der Waals surface area contributed by atoms with Gasteiger partial charge in [0.2, 0.25) is 11.8 Å². The van der Waals surface area contributed by atoms with Crippen LogP contribution in [0.2, 0.25) is 0 Å². The molecule has 0 heterocycles. The molecule has 0 aliphatic heterocycles. The lowest BCUT2D eigenvalue weighted by molar-refractivity contribution is -0.139. The highest BCUT2D eigenvalue weighted by Gasteiger charge is 2.32. The number of halogens is 2. The molecule has 0 aliphatic carbocycles. The predicted octanol–water partition coefficient (Wildman–Crippen LogP) is 4.49. The topological polar surface area (TPSA) is 86.8 Å². The van der Waals surface area contributed by atoms with Gasteiger partial charge in [0, 0.05) is 12.6 Å². The van der Waals surface area contributed by atoms with E-state index in [-0.39, 0.29) is 23.2 Å². The van der Waals surface area contributed by atoms with Crippen LogP contribution in [0.1, 0.15) is 32.8 Å². The van der Waals surface area contributed by atoms with Gasteiger partial charge in [-0.2, -0.15) is 0 Å². The van der Waals surface area contributed by atoms with Crippen molar-refractivity contribution < 1.29 is 26.8 Å². The number of hydrogen-bond donors (Lipinski definition) is 1. The first-order valence-corrected chi connectivity index (χ1v) is 13.6. The molecule has 0 aromatic heterocycles. The maximum absolute atomic E-state index is 13.7. The Bertz CT molecular complexity index is 1330. The molecule has 202 valence electrons. The number of para-hydroxylation sites is 1. The van der Waals surface area contributed by atoms with Gasteiger partial charge < -0.3 is 10.2 Å². The van der Waals surface area contributed by atoms with Crippen molar-refractivity contribution in [3.63, 3.8) is 0 Å². The molecule has 7 nitrogen and oxygen atoms in total. The molecule has 0 spiro atoms. The number of anilines is 1. The Morgan fingerprint density at radius 1 is 0.868 bits per heavy atom. The van der Waals surface area contributed by atoms with Crippen LogP contribution in [0.15, 0.2) is 83.8 Å². The van der Waals surface area contributed by atoms with Crippen molar-refractivity contribution >= 4 is 27.5 Å². The van der Waals surface area contributed by atoms with E-state index >= 15 is 0 Å². The van der Waals surface area contributed by atoms with Gasteiger partial charge in [0.05, 0.1) is 10.6 Å². The Hall–Kier alpha value is -3.79. The van der Waals surface area contributed by atoms with Gasteiger partial charge in [0.1, 0.15) is 24.2 Å². The fourth-order valence-electron chi connectivity index (χ4n) is 3.69. The first kappa shape index (κ1) is 28.8. The Kier molecular flexibility index (Phi) is 9.57. The number of rotatable bonds is 11. The fraction of sp³-hybridized carbons (Fsp3) is 0.286. The summed E-state index contributed by atoms with van der Waals surface area (Å²) in [6.07, 6.45) is 0.683. The van der Waals surface area contributed by atoms with E-state index in [1.807, 2.05) is 13.8 Å². The third-order valence-corrected chi connectivity index (χ3v) is 7.95. The minimum Gasteiger partial charge on any atom is -0.352 e. The molecule has 38 heavy (non-hydrogen) atoms. The lowest BCUT2D eigenvalue weighted by Crippen LogP contribution is -2.52. The van der Waals surface area contributed by atoms with Crippen LogP contribution in [-0.4, -0.2) is 43.8 Å². The zero-order valence-electron chi connectivity index (χ0n) is 21.5. The standard InChI is InChI=1S/C28H31F2N3O4S/c1-4-20(2)31-28(35)21(3)32(18-22-10-12-23(29)13-11-22)27(34)19-33(25-8-6-5-7-9-25)38(36,37)26-16-14-24(30)15-17-26/h5-17,20-21H,4,18-19H2,1-3H3,(H,31,35)/t20-,21+/m1/s1. The molecule has 1 N–H and O–H groups in total. The molecule has 3 aromatic carbocycles. The van der Waals surface area contributed by atoms with Crippen molar-refractivity contribution in [2.45, 2.75) is 50.7 Å². The zero-order chi connectivity index (χ0) is 27.9.